The minimum absolute atomic E-state index is 0.0532. The van der Waals surface area contributed by atoms with Gasteiger partial charge in [0.15, 0.2) is 0 Å². The number of pyridine rings is 1. The Labute approximate surface area is 187 Å². The normalized spacial score (nSPS) is 18.1. The first-order valence-electron chi connectivity index (χ1n) is 11.2. The van der Waals surface area contributed by atoms with E-state index in [-0.39, 0.29) is 5.91 Å². The maximum atomic E-state index is 13.2. The Balaban J connectivity index is 1.25. The Morgan fingerprint density at radius 3 is 2.59 bits per heavy atom. The number of carbonyl (C=O) groups is 1. The number of hydrogen-bond acceptors (Lipinski definition) is 7. The van der Waals surface area contributed by atoms with Crippen LogP contribution in [-0.2, 0) is 11.3 Å². The molecule has 0 bridgehead atoms. The summed E-state index contributed by atoms with van der Waals surface area (Å²) in [4.78, 5) is 30.4. The predicted octanol–water partition coefficient (Wildman–Crippen LogP) is 2.98. The Bertz CT molecular complexity index is 1040. The van der Waals surface area contributed by atoms with E-state index >= 15 is 0 Å². The molecule has 5 heterocycles. The summed E-state index contributed by atoms with van der Waals surface area (Å²) in [6.07, 6.45) is 10.4. The van der Waals surface area contributed by atoms with Crippen LogP contribution in [0.1, 0.15) is 40.6 Å². The third-order valence-electron chi connectivity index (χ3n) is 6.35. The zero-order valence-corrected chi connectivity index (χ0v) is 18.0. The van der Waals surface area contributed by atoms with Gasteiger partial charge in [-0.1, -0.05) is 0 Å². The van der Waals surface area contributed by atoms with E-state index in [2.05, 4.69) is 19.9 Å². The van der Waals surface area contributed by atoms with Crippen LogP contribution in [0.15, 0.2) is 53.8 Å². The highest BCUT2D eigenvalue weighted by atomic mass is 16.5. The molecule has 0 radical (unpaired) electrons. The molecule has 5 rings (SSSR count). The molecule has 0 spiro atoms. The van der Waals surface area contributed by atoms with E-state index < -0.39 is 0 Å². The van der Waals surface area contributed by atoms with Gasteiger partial charge in [0.05, 0.1) is 37.3 Å². The largest absolute Gasteiger partial charge is 0.467 e. The summed E-state index contributed by atoms with van der Waals surface area (Å²) >= 11 is 0. The second-order valence-corrected chi connectivity index (χ2v) is 8.27. The number of nitrogens with zero attached hydrogens (tertiary/aromatic N) is 5. The number of furan rings is 1. The monoisotopic (exact) mass is 433 g/mol. The molecule has 2 saturated heterocycles. The number of morpholine rings is 1. The van der Waals surface area contributed by atoms with Gasteiger partial charge in [-0.2, -0.15) is 0 Å². The van der Waals surface area contributed by atoms with Crippen LogP contribution in [0.5, 0.6) is 0 Å². The summed E-state index contributed by atoms with van der Waals surface area (Å²) in [5.41, 5.74) is 3.84. The van der Waals surface area contributed by atoms with E-state index in [1.54, 1.807) is 31.1 Å². The van der Waals surface area contributed by atoms with E-state index in [1.165, 1.54) is 0 Å². The van der Waals surface area contributed by atoms with Crippen LogP contribution >= 0.6 is 0 Å². The van der Waals surface area contributed by atoms with Crippen molar-refractivity contribution in [2.45, 2.75) is 25.3 Å². The Morgan fingerprint density at radius 1 is 1.03 bits per heavy atom. The van der Waals surface area contributed by atoms with E-state index in [4.69, 9.17) is 9.15 Å². The van der Waals surface area contributed by atoms with Crippen LogP contribution < -0.4 is 0 Å². The predicted molar refractivity (Wildman–Crippen MR) is 118 cm³/mol. The molecular weight excluding hydrogens is 406 g/mol. The average Bonchev–Trinajstić information content (AvgIpc) is 3.33. The third-order valence-corrected chi connectivity index (χ3v) is 6.35. The third kappa shape index (κ3) is 4.42. The maximum Gasteiger partial charge on any atom is 0.257 e. The summed E-state index contributed by atoms with van der Waals surface area (Å²) in [6.45, 7) is 5.21. The van der Waals surface area contributed by atoms with Crippen molar-refractivity contribution >= 4 is 5.91 Å². The smallest absolute Gasteiger partial charge is 0.257 e. The standard InChI is InChI=1S/C24H27N5O3/c30-24(20-5-12-32-22(20)16-28-10-13-31-14-11-28)29-8-3-19(4-9-29)23-21(15-26-17-27-23)18-1-6-25-7-2-18/h1-2,5-7,12,15,17,19H,3-4,8-11,13-14,16H2. The molecule has 0 aliphatic carbocycles. The molecule has 2 fully saturated rings. The van der Waals surface area contributed by atoms with Crippen molar-refractivity contribution in [1.82, 2.24) is 24.8 Å². The second kappa shape index (κ2) is 9.58. The summed E-state index contributed by atoms with van der Waals surface area (Å²) in [5.74, 6) is 1.09. The summed E-state index contributed by atoms with van der Waals surface area (Å²) < 4.78 is 11.1. The topological polar surface area (TPSA) is 84.6 Å². The first-order chi connectivity index (χ1) is 15.8. The molecular formula is C24H27N5O3. The number of ether oxygens (including phenoxy) is 1. The summed E-state index contributed by atoms with van der Waals surface area (Å²) in [5, 5.41) is 0. The number of amides is 1. The van der Waals surface area contributed by atoms with Crippen LogP contribution in [-0.4, -0.2) is 70.1 Å². The van der Waals surface area contributed by atoms with Crippen molar-refractivity contribution in [1.29, 1.82) is 0 Å². The van der Waals surface area contributed by atoms with Gasteiger partial charge in [0.1, 0.15) is 12.1 Å². The molecule has 0 atom stereocenters. The molecule has 3 aromatic heterocycles. The molecule has 3 aromatic rings. The Kier molecular flexibility index (Phi) is 6.22. The maximum absolute atomic E-state index is 13.2. The van der Waals surface area contributed by atoms with Gasteiger partial charge >= 0.3 is 0 Å². The molecule has 0 saturated carbocycles. The fraction of sp³-hybridized carbons (Fsp3) is 0.417. The number of rotatable bonds is 5. The van der Waals surface area contributed by atoms with Crippen LogP contribution in [0.3, 0.4) is 0 Å². The van der Waals surface area contributed by atoms with Gasteiger partial charge < -0.3 is 14.1 Å². The molecule has 2 aliphatic rings. The van der Waals surface area contributed by atoms with Gasteiger partial charge in [-0.3, -0.25) is 14.7 Å². The van der Waals surface area contributed by atoms with Crippen molar-refractivity contribution in [2.24, 2.45) is 0 Å². The van der Waals surface area contributed by atoms with Gasteiger partial charge in [-0.25, -0.2) is 9.97 Å². The van der Waals surface area contributed by atoms with Crippen molar-refractivity contribution in [3.63, 3.8) is 0 Å². The van der Waals surface area contributed by atoms with Crippen molar-refractivity contribution in [3.8, 4) is 11.1 Å². The van der Waals surface area contributed by atoms with Gasteiger partial charge in [-0.05, 0) is 36.6 Å². The average molecular weight is 434 g/mol. The number of hydrogen-bond donors (Lipinski definition) is 0. The molecule has 0 aromatic carbocycles. The highest BCUT2D eigenvalue weighted by Crippen LogP contribution is 2.33. The fourth-order valence-corrected chi connectivity index (χ4v) is 4.56. The highest BCUT2D eigenvalue weighted by Gasteiger charge is 2.29. The van der Waals surface area contributed by atoms with Crippen LogP contribution in [0.4, 0.5) is 0 Å². The summed E-state index contributed by atoms with van der Waals surface area (Å²) in [6, 6.07) is 5.77. The number of piperidine rings is 1. The molecule has 8 heteroatoms. The van der Waals surface area contributed by atoms with Crippen LogP contribution in [0, 0.1) is 0 Å². The van der Waals surface area contributed by atoms with E-state index in [1.807, 2.05) is 23.2 Å². The van der Waals surface area contributed by atoms with Gasteiger partial charge in [0.25, 0.3) is 5.91 Å². The van der Waals surface area contributed by atoms with E-state index in [0.29, 0.717) is 31.1 Å². The SMILES string of the molecule is O=C(c1ccoc1CN1CCOCC1)N1CCC(c2ncncc2-c2ccncc2)CC1. The van der Waals surface area contributed by atoms with E-state index in [9.17, 15) is 4.79 Å². The Hall–Kier alpha value is -3.10. The minimum Gasteiger partial charge on any atom is -0.467 e. The zero-order chi connectivity index (χ0) is 21.8. The first-order valence-corrected chi connectivity index (χ1v) is 11.2. The second-order valence-electron chi connectivity index (χ2n) is 8.27. The van der Waals surface area contributed by atoms with Crippen LogP contribution in [0.2, 0.25) is 0 Å². The molecule has 32 heavy (non-hydrogen) atoms. The number of carbonyl (C=O) groups excluding carboxylic acids is 1. The molecule has 1 amide bonds. The lowest BCUT2D eigenvalue weighted by molar-refractivity contribution is 0.0310. The lowest BCUT2D eigenvalue weighted by Crippen LogP contribution is -2.39. The lowest BCUT2D eigenvalue weighted by Gasteiger charge is -2.32. The van der Waals surface area contributed by atoms with Gasteiger partial charge in [0, 0.05) is 56.3 Å². The van der Waals surface area contributed by atoms with Crippen LogP contribution in [0.25, 0.3) is 11.1 Å². The van der Waals surface area contributed by atoms with Gasteiger partial charge in [-0.15, -0.1) is 0 Å². The molecule has 0 N–H and O–H groups in total. The van der Waals surface area contributed by atoms with Crippen molar-refractivity contribution < 1.29 is 13.9 Å². The van der Waals surface area contributed by atoms with E-state index in [0.717, 1.165) is 61.7 Å². The van der Waals surface area contributed by atoms with Gasteiger partial charge in [0.2, 0.25) is 0 Å². The lowest BCUT2D eigenvalue weighted by atomic mass is 9.89. The summed E-state index contributed by atoms with van der Waals surface area (Å²) in [7, 11) is 0. The molecule has 8 nitrogen and oxygen atoms in total. The number of likely N-dealkylation sites (tertiary alicyclic amines) is 1. The minimum atomic E-state index is 0.0532. The fourth-order valence-electron chi connectivity index (χ4n) is 4.56. The quantitative estimate of drug-likeness (QED) is 0.612. The molecule has 0 unspecified atom stereocenters. The first kappa shape index (κ1) is 20.8. The van der Waals surface area contributed by atoms with Crippen molar-refractivity contribution in [3.05, 3.63) is 66.4 Å². The number of aromatic nitrogens is 3. The highest BCUT2D eigenvalue weighted by molar-refractivity contribution is 5.95. The molecule has 166 valence electrons. The molecule has 2 aliphatic heterocycles. The Morgan fingerprint density at radius 2 is 1.81 bits per heavy atom. The zero-order valence-electron chi connectivity index (χ0n) is 18.0. The van der Waals surface area contributed by atoms with Crippen molar-refractivity contribution in [2.75, 3.05) is 39.4 Å².